The summed E-state index contributed by atoms with van der Waals surface area (Å²) in [6.45, 7) is 8.30. The standard InChI is InChI=1S/C14H22N6O/c1-5-6-11-18-13(8(2)14(19-11)20-15)16-7-12-17-9(3)10(4)21-12/h5-7,15H2,1-4H3,(H2,16,18,19,20). The van der Waals surface area contributed by atoms with Gasteiger partial charge in [-0.05, 0) is 27.2 Å². The lowest BCUT2D eigenvalue weighted by molar-refractivity contribution is 0.478. The fourth-order valence-corrected chi connectivity index (χ4v) is 1.99. The maximum absolute atomic E-state index is 5.55. The predicted molar refractivity (Wildman–Crippen MR) is 81.9 cm³/mol. The van der Waals surface area contributed by atoms with Crippen LogP contribution in [0, 0.1) is 20.8 Å². The van der Waals surface area contributed by atoms with Gasteiger partial charge in [0.05, 0.1) is 12.2 Å². The molecule has 0 aliphatic carbocycles. The van der Waals surface area contributed by atoms with E-state index >= 15 is 0 Å². The van der Waals surface area contributed by atoms with Crippen LogP contribution in [0.25, 0.3) is 0 Å². The molecule has 0 unspecified atom stereocenters. The number of hydrogen-bond donors (Lipinski definition) is 3. The summed E-state index contributed by atoms with van der Waals surface area (Å²) in [6, 6.07) is 0. The summed E-state index contributed by atoms with van der Waals surface area (Å²) < 4.78 is 5.55. The molecule has 2 rings (SSSR count). The fourth-order valence-electron chi connectivity index (χ4n) is 1.99. The highest BCUT2D eigenvalue weighted by Gasteiger charge is 2.11. The zero-order chi connectivity index (χ0) is 15.4. The first-order valence-corrected chi connectivity index (χ1v) is 7.06. The third-order valence-corrected chi connectivity index (χ3v) is 3.28. The number of aryl methyl sites for hydroxylation is 3. The first-order valence-electron chi connectivity index (χ1n) is 7.06. The first kappa shape index (κ1) is 15.2. The second kappa shape index (κ2) is 6.53. The molecule has 0 saturated heterocycles. The van der Waals surface area contributed by atoms with Gasteiger partial charge in [-0.3, -0.25) is 0 Å². The second-order valence-corrected chi connectivity index (χ2v) is 4.96. The Hall–Kier alpha value is -2.15. The lowest BCUT2D eigenvalue weighted by atomic mass is 10.2. The molecule has 2 aromatic heterocycles. The molecule has 0 fully saturated rings. The highest BCUT2D eigenvalue weighted by atomic mass is 16.4. The average Bonchev–Trinajstić information content (AvgIpc) is 2.78. The highest BCUT2D eigenvalue weighted by Crippen LogP contribution is 2.20. The van der Waals surface area contributed by atoms with Crippen molar-refractivity contribution in [1.82, 2.24) is 15.0 Å². The predicted octanol–water partition coefficient (Wildman–Crippen LogP) is 2.24. The minimum atomic E-state index is 0.474. The van der Waals surface area contributed by atoms with Crippen LogP contribution >= 0.6 is 0 Å². The van der Waals surface area contributed by atoms with E-state index in [1.54, 1.807) is 0 Å². The molecular weight excluding hydrogens is 268 g/mol. The maximum Gasteiger partial charge on any atom is 0.213 e. The summed E-state index contributed by atoms with van der Waals surface area (Å²) in [5, 5.41) is 3.24. The Morgan fingerprint density at radius 2 is 1.81 bits per heavy atom. The van der Waals surface area contributed by atoms with Gasteiger partial charge in [-0.2, -0.15) is 0 Å². The number of aromatic nitrogens is 3. The number of nitrogens with one attached hydrogen (secondary N) is 2. The number of nitrogens with zero attached hydrogens (tertiary/aromatic N) is 3. The van der Waals surface area contributed by atoms with Crippen LogP contribution < -0.4 is 16.6 Å². The average molecular weight is 290 g/mol. The molecule has 0 bridgehead atoms. The van der Waals surface area contributed by atoms with Crippen LogP contribution in [-0.2, 0) is 13.0 Å². The van der Waals surface area contributed by atoms with Gasteiger partial charge in [0.25, 0.3) is 0 Å². The zero-order valence-electron chi connectivity index (χ0n) is 12.9. The van der Waals surface area contributed by atoms with Crippen molar-refractivity contribution in [2.75, 3.05) is 10.7 Å². The van der Waals surface area contributed by atoms with Crippen LogP contribution in [0.3, 0.4) is 0 Å². The number of nitrogen functional groups attached to an aromatic ring is 1. The molecule has 114 valence electrons. The molecule has 7 heteroatoms. The quantitative estimate of drug-likeness (QED) is 0.554. The second-order valence-electron chi connectivity index (χ2n) is 4.96. The zero-order valence-corrected chi connectivity index (χ0v) is 12.9. The molecule has 0 saturated carbocycles. The lowest BCUT2D eigenvalue weighted by Gasteiger charge is -2.12. The Morgan fingerprint density at radius 1 is 1.10 bits per heavy atom. The number of oxazole rings is 1. The molecule has 0 radical (unpaired) electrons. The van der Waals surface area contributed by atoms with Gasteiger partial charge in [0.15, 0.2) is 0 Å². The first-order chi connectivity index (χ1) is 10.0. The monoisotopic (exact) mass is 290 g/mol. The van der Waals surface area contributed by atoms with Crippen molar-refractivity contribution in [3.8, 4) is 0 Å². The van der Waals surface area contributed by atoms with Gasteiger partial charge < -0.3 is 15.2 Å². The minimum Gasteiger partial charge on any atom is -0.444 e. The lowest BCUT2D eigenvalue weighted by Crippen LogP contribution is -2.15. The van der Waals surface area contributed by atoms with Crippen molar-refractivity contribution >= 4 is 11.6 Å². The van der Waals surface area contributed by atoms with E-state index in [2.05, 4.69) is 32.6 Å². The molecule has 0 atom stereocenters. The van der Waals surface area contributed by atoms with Crippen molar-refractivity contribution in [2.24, 2.45) is 5.84 Å². The van der Waals surface area contributed by atoms with E-state index in [0.29, 0.717) is 18.3 Å². The van der Waals surface area contributed by atoms with Gasteiger partial charge in [0.1, 0.15) is 23.2 Å². The van der Waals surface area contributed by atoms with Gasteiger partial charge in [0.2, 0.25) is 5.89 Å². The van der Waals surface area contributed by atoms with Crippen molar-refractivity contribution in [2.45, 2.75) is 47.1 Å². The number of rotatable bonds is 6. The number of hydrogen-bond acceptors (Lipinski definition) is 7. The third-order valence-electron chi connectivity index (χ3n) is 3.28. The van der Waals surface area contributed by atoms with Gasteiger partial charge in [-0.1, -0.05) is 6.92 Å². The largest absolute Gasteiger partial charge is 0.444 e. The summed E-state index contributed by atoms with van der Waals surface area (Å²) in [5.74, 6) is 9.14. The summed E-state index contributed by atoms with van der Waals surface area (Å²) in [7, 11) is 0. The van der Waals surface area contributed by atoms with Crippen molar-refractivity contribution in [3.63, 3.8) is 0 Å². The minimum absolute atomic E-state index is 0.474. The summed E-state index contributed by atoms with van der Waals surface area (Å²) in [5.41, 5.74) is 4.39. The van der Waals surface area contributed by atoms with Crippen LogP contribution in [-0.4, -0.2) is 15.0 Å². The highest BCUT2D eigenvalue weighted by molar-refractivity contribution is 5.56. The number of hydrazine groups is 1. The molecule has 0 amide bonds. The SMILES string of the molecule is CCCc1nc(NN)c(C)c(NCc2nc(C)c(C)o2)n1. The molecule has 0 aromatic carbocycles. The fraction of sp³-hybridized carbons (Fsp3) is 0.500. The molecule has 4 N–H and O–H groups in total. The molecular formula is C14H22N6O. The topological polar surface area (TPSA) is 102 Å². The van der Waals surface area contributed by atoms with Crippen LogP contribution in [0.5, 0.6) is 0 Å². The molecule has 2 aromatic rings. The Bertz CT molecular complexity index is 603. The van der Waals surface area contributed by atoms with E-state index in [1.807, 2.05) is 20.8 Å². The van der Waals surface area contributed by atoms with Crippen LogP contribution in [0.1, 0.15) is 42.1 Å². The number of anilines is 2. The van der Waals surface area contributed by atoms with Crippen LogP contribution in [0.4, 0.5) is 11.6 Å². The van der Waals surface area contributed by atoms with Crippen LogP contribution in [0.2, 0.25) is 0 Å². The van der Waals surface area contributed by atoms with E-state index in [0.717, 1.165) is 41.5 Å². The van der Waals surface area contributed by atoms with E-state index in [4.69, 9.17) is 10.3 Å². The summed E-state index contributed by atoms with van der Waals surface area (Å²) in [6.07, 6.45) is 1.78. The molecule has 0 aliphatic heterocycles. The van der Waals surface area contributed by atoms with E-state index in [9.17, 15) is 0 Å². The summed E-state index contributed by atoms with van der Waals surface area (Å²) in [4.78, 5) is 13.3. The Kier molecular flexibility index (Phi) is 4.74. The summed E-state index contributed by atoms with van der Waals surface area (Å²) >= 11 is 0. The Balaban J connectivity index is 2.19. The van der Waals surface area contributed by atoms with Crippen molar-refractivity contribution in [1.29, 1.82) is 0 Å². The van der Waals surface area contributed by atoms with E-state index in [-0.39, 0.29) is 0 Å². The molecule has 2 heterocycles. The van der Waals surface area contributed by atoms with Crippen molar-refractivity contribution in [3.05, 3.63) is 28.7 Å². The van der Waals surface area contributed by atoms with E-state index < -0.39 is 0 Å². The Morgan fingerprint density at radius 3 is 2.38 bits per heavy atom. The molecule has 7 nitrogen and oxygen atoms in total. The van der Waals surface area contributed by atoms with Gasteiger partial charge >= 0.3 is 0 Å². The Labute approximate surface area is 124 Å². The number of nitrogens with two attached hydrogens (primary N) is 1. The molecule has 21 heavy (non-hydrogen) atoms. The van der Waals surface area contributed by atoms with Crippen LogP contribution in [0.15, 0.2) is 4.42 Å². The smallest absolute Gasteiger partial charge is 0.213 e. The van der Waals surface area contributed by atoms with E-state index in [1.165, 1.54) is 0 Å². The van der Waals surface area contributed by atoms with Gasteiger partial charge in [0, 0.05) is 12.0 Å². The molecule has 0 spiro atoms. The third kappa shape index (κ3) is 3.49. The molecule has 0 aliphatic rings. The maximum atomic E-state index is 5.55. The van der Waals surface area contributed by atoms with Gasteiger partial charge in [-0.25, -0.2) is 20.8 Å². The van der Waals surface area contributed by atoms with Crippen molar-refractivity contribution < 1.29 is 4.42 Å². The van der Waals surface area contributed by atoms with Gasteiger partial charge in [-0.15, -0.1) is 0 Å². The normalized spacial score (nSPS) is 10.7.